The van der Waals surface area contributed by atoms with Crippen molar-refractivity contribution in [3.8, 4) is 0 Å². The van der Waals surface area contributed by atoms with Crippen molar-refractivity contribution in [3.63, 3.8) is 0 Å². The molecule has 14 heteroatoms. The molecule has 5 unspecified atom stereocenters. The second-order valence-electron chi connectivity index (χ2n) is 7.96. The second-order valence-corrected chi connectivity index (χ2v) is 7.96. The largest absolute Gasteiger partial charge is 0.481 e. The number of hydrogen-bond acceptors (Lipinski definition) is 9. The van der Waals surface area contributed by atoms with Crippen molar-refractivity contribution in [3.05, 3.63) is 0 Å². The van der Waals surface area contributed by atoms with Crippen molar-refractivity contribution in [2.75, 3.05) is 13.1 Å². The summed E-state index contributed by atoms with van der Waals surface area (Å²) >= 11 is 0. The molecule has 0 aliphatic carbocycles. The molecule has 0 spiro atoms. The molecule has 34 heavy (non-hydrogen) atoms. The van der Waals surface area contributed by atoms with E-state index in [1.807, 2.05) is 0 Å². The average molecular weight is 491 g/mol. The Morgan fingerprint density at radius 3 is 1.71 bits per heavy atom. The lowest BCUT2D eigenvalue weighted by molar-refractivity contribution is -0.143. The maximum absolute atomic E-state index is 12.8. The smallest absolute Gasteiger partial charge is 0.326 e. The fourth-order valence-corrected chi connectivity index (χ4v) is 2.99. The van der Waals surface area contributed by atoms with Crippen molar-refractivity contribution in [2.45, 2.75) is 82.1 Å². The molecule has 0 aliphatic rings. The number of aliphatic hydroxyl groups excluding tert-OH is 1. The number of aliphatic carboxylic acids is 2. The molecule has 3 amide bonds. The molecule has 14 nitrogen and oxygen atoms in total. The lowest BCUT2D eigenvalue weighted by Crippen LogP contribution is -2.59. The van der Waals surface area contributed by atoms with Gasteiger partial charge in [0.2, 0.25) is 17.7 Å². The molecule has 0 aliphatic heterocycles. The highest BCUT2D eigenvalue weighted by atomic mass is 16.4. The van der Waals surface area contributed by atoms with Crippen LogP contribution in [0.3, 0.4) is 0 Å². The number of carboxylic acids is 2. The van der Waals surface area contributed by atoms with E-state index in [1.165, 1.54) is 6.92 Å². The molecule has 0 saturated heterocycles. The fraction of sp³-hybridized carbons (Fsp3) is 0.750. The van der Waals surface area contributed by atoms with E-state index in [9.17, 15) is 34.2 Å². The van der Waals surface area contributed by atoms with Gasteiger partial charge in [0.25, 0.3) is 0 Å². The van der Waals surface area contributed by atoms with Crippen LogP contribution < -0.4 is 33.2 Å². The highest BCUT2D eigenvalue weighted by molar-refractivity contribution is 5.94. The normalized spacial score (nSPS) is 15.3. The van der Waals surface area contributed by atoms with Crippen LogP contribution in [0.1, 0.15) is 51.9 Å². The Hall–Kier alpha value is -2.81. The van der Waals surface area contributed by atoms with Gasteiger partial charge in [-0.3, -0.25) is 19.2 Å². The van der Waals surface area contributed by atoms with Gasteiger partial charge in [0.05, 0.1) is 18.6 Å². The van der Waals surface area contributed by atoms with Crippen molar-refractivity contribution in [2.24, 2.45) is 17.2 Å². The number of nitrogens with one attached hydrogen (secondary N) is 3. The third-order valence-corrected chi connectivity index (χ3v) is 4.94. The van der Waals surface area contributed by atoms with E-state index in [4.69, 9.17) is 22.3 Å². The maximum Gasteiger partial charge on any atom is 0.326 e. The van der Waals surface area contributed by atoms with Crippen molar-refractivity contribution >= 4 is 29.7 Å². The topological polar surface area (TPSA) is 260 Å². The number of unbranched alkanes of at least 4 members (excludes halogenated alkanes) is 2. The van der Waals surface area contributed by atoms with Crippen LogP contribution in [0.4, 0.5) is 0 Å². The summed E-state index contributed by atoms with van der Waals surface area (Å²) in [6.07, 6.45) is 0.147. The minimum absolute atomic E-state index is 0.109. The number of rotatable bonds is 18. The van der Waals surface area contributed by atoms with Gasteiger partial charge in [-0.2, -0.15) is 0 Å². The van der Waals surface area contributed by atoms with Gasteiger partial charge in [0.1, 0.15) is 18.1 Å². The third-order valence-electron chi connectivity index (χ3n) is 4.94. The van der Waals surface area contributed by atoms with E-state index in [1.54, 1.807) is 0 Å². The van der Waals surface area contributed by atoms with E-state index in [0.29, 0.717) is 38.8 Å². The van der Waals surface area contributed by atoms with E-state index in [0.717, 1.165) is 0 Å². The Morgan fingerprint density at radius 2 is 1.26 bits per heavy atom. The quantitative estimate of drug-likeness (QED) is 0.0872. The molecule has 0 bridgehead atoms. The van der Waals surface area contributed by atoms with Gasteiger partial charge in [-0.25, -0.2) is 4.79 Å². The molecular weight excluding hydrogens is 452 g/mol. The molecule has 0 aromatic carbocycles. The van der Waals surface area contributed by atoms with Crippen molar-refractivity contribution in [1.29, 1.82) is 0 Å². The zero-order valence-corrected chi connectivity index (χ0v) is 19.4. The van der Waals surface area contributed by atoms with E-state index < -0.39 is 66.4 Å². The summed E-state index contributed by atoms with van der Waals surface area (Å²) in [5.41, 5.74) is 16.4. The van der Waals surface area contributed by atoms with Gasteiger partial charge in [-0.1, -0.05) is 0 Å². The molecule has 0 aromatic heterocycles. The third kappa shape index (κ3) is 12.4. The first-order chi connectivity index (χ1) is 15.9. The number of carboxylic acid groups (broad SMARTS) is 2. The van der Waals surface area contributed by atoms with Crippen molar-refractivity contribution < 1.29 is 39.3 Å². The van der Waals surface area contributed by atoms with Crippen LogP contribution in [0, 0.1) is 0 Å². The Kier molecular flexibility index (Phi) is 15.4. The number of amides is 3. The zero-order valence-electron chi connectivity index (χ0n) is 19.4. The molecular formula is C20H38N6O8. The molecule has 0 radical (unpaired) electrons. The molecule has 0 fully saturated rings. The highest BCUT2D eigenvalue weighted by Crippen LogP contribution is 2.06. The maximum atomic E-state index is 12.8. The number of carbonyl (C=O) groups is 5. The Bertz CT molecular complexity index is 690. The summed E-state index contributed by atoms with van der Waals surface area (Å²) in [6.45, 7) is 1.93. The molecule has 0 saturated carbocycles. The molecule has 0 heterocycles. The van der Waals surface area contributed by atoms with E-state index in [2.05, 4.69) is 16.0 Å². The molecule has 5 atom stereocenters. The Labute approximate surface area is 198 Å². The summed E-state index contributed by atoms with van der Waals surface area (Å²) in [4.78, 5) is 59.9. The van der Waals surface area contributed by atoms with Gasteiger partial charge in [0.15, 0.2) is 0 Å². The first kappa shape index (κ1) is 31.2. The summed E-state index contributed by atoms with van der Waals surface area (Å²) in [5.74, 6) is -5.20. The highest BCUT2D eigenvalue weighted by Gasteiger charge is 2.32. The summed E-state index contributed by atoms with van der Waals surface area (Å²) in [5, 5.41) is 35.1. The lowest BCUT2D eigenvalue weighted by Gasteiger charge is -2.26. The minimum Gasteiger partial charge on any atom is -0.481 e. The van der Waals surface area contributed by atoms with Gasteiger partial charge in [-0.15, -0.1) is 0 Å². The standard InChI is InChI=1S/C20H38N6O8/c1-11(27)16(19(32)25-14(20(33)34)7-3-5-9-22)26-18(31)13(6-2-4-8-21)24-17(30)12(23)10-15(28)29/h11-14,16,27H,2-10,21-23H2,1H3,(H,24,30)(H,25,32)(H,26,31)(H,28,29)(H,33,34). The minimum atomic E-state index is -1.51. The summed E-state index contributed by atoms with van der Waals surface area (Å²) in [6, 6.07) is -5.34. The molecule has 0 rings (SSSR count). The molecule has 12 N–H and O–H groups in total. The Balaban J connectivity index is 5.38. The van der Waals surface area contributed by atoms with Gasteiger partial charge >= 0.3 is 11.9 Å². The van der Waals surface area contributed by atoms with Gasteiger partial charge in [-0.05, 0) is 58.5 Å². The second kappa shape index (κ2) is 16.7. The van der Waals surface area contributed by atoms with E-state index in [-0.39, 0.29) is 12.8 Å². The van der Waals surface area contributed by atoms with Crippen LogP contribution in [0.25, 0.3) is 0 Å². The number of nitrogens with two attached hydrogens (primary N) is 3. The SMILES string of the molecule is CC(O)C(NC(=O)C(CCCCN)NC(=O)C(N)CC(=O)O)C(=O)NC(CCCCN)C(=O)O. The van der Waals surface area contributed by atoms with Gasteiger partial charge < -0.3 is 48.5 Å². The van der Waals surface area contributed by atoms with Crippen LogP contribution in [-0.2, 0) is 24.0 Å². The predicted molar refractivity (Wildman–Crippen MR) is 121 cm³/mol. The monoisotopic (exact) mass is 490 g/mol. The average Bonchev–Trinajstić information content (AvgIpc) is 2.74. The van der Waals surface area contributed by atoms with Crippen molar-refractivity contribution in [1.82, 2.24) is 16.0 Å². The summed E-state index contributed by atoms with van der Waals surface area (Å²) < 4.78 is 0. The number of aliphatic hydroxyl groups is 1. The molecule has 0 aromatic rings. The summed E-state index contributed by atoms with van der Waals surface area (Å²) in [7, 11) is 0. The van der Waals surface area contributed by atoms with Crippen LogP contribution >= 0.6 is 0 Å². The van der Waals surface area contributed by atoms with Gasteiger partial charge in [0, 0.05) is 0 Å². The lowest BCUT2D eigenvalue weighted by atomic mass is 10.0. The van der Waals surface area contributed by atoms with Crippen LogP contribution in [-0.4, -0.2) is 88.3 Å². The predicted octanol–water partition coefficient (Wildman–Crippen LogP) is -3.03. The Morgan fingerprint density at radius 1 is 0.765 bits per heavy atom. The molecule has 196 valence electrons. The fourth-order valence-electron chi connectivity index (χ4n) is 2.99. The van der Waals surface area contributed by atoms with E-state index >= 15 is 0 Å². The number of carbonyl (C=O) groups excluding carboxylic acids is 3. The van der Waals surface area contributed by atoms with Crippen LogP contribution in [0.15, 0.2) is 0 Å². The van der Waals surface area contributed by atoms with Crippen LogP contribution in [0.2, 0.25) is 0 Å². The first-order valence-electron chi connectivity index (χ1n) is 11.1. The first-order valence-corrected chi connectivity index (χ1v) is 11.1. The number of hydrogen-bond donors (Lipinski definition) is 9. The van der Waals surface area contributed by atoms with Crippen LogP contribution in [0.5, 0.6) is 0 Å². The zero-order chi connectivity index (χ0) is 26.3.